The third-order valence-electron chi connectivity index (χ3n) is 5.91. The predicted molar refractivity (Wildman–Crippen MR) is 73.6 cm³/mol. The van der Waals surface area contributed by atoms with Crippen molar-refractivity contribution in [1.29, 1.82) is 0 Å². The first kappa shape index (κ1) is 11.9. The molecule has 5 rings (SSSR count). The Morgan fingerprint density at radius 2 is 1.79 bits per heavy atom. The van der Waals surface area contributed by atoms with E-state index in [2.05, 4.69) is 27.0 Å². The van der Waals surface area contributed by atoms with Crippen LogP contribution in [0.25, 0.3) is 0 Å². The summed E-state index contributed by atoms with van der Waals surface area (Å²) in [6.07, 6.45) is 10.5. The molecule has 0 aromatic carbocycles. The summed E-state index contributed by atoms with van der Waals surface area (Å²) in [7, 11) is 2.00. The standard InChI is InChI=1S/C15H24N4/c1-10(16-2)14-18-17-9-19(14)15-6-11-3-12(7-15)5-13(4-11)8-15/h9-13,16H,3-8H2,1-2H3. The fourth-order valence-corrected chi connectivity index (χ4v) is 5.39. The van der Waals surface area contributed by atoms with Crippen LogP contribution < -0.4 is 5.32 Å². The van der Waals surface area contributed by atoms with Crippen molar-refractivity contribution in [2.45, 2.75) is 57.0 Å². The lowest BCUT2D eigenvalue weighted by atomic mass is 9.53. The highest BCUT2D eigenvalue weighted by Gasteiger charge is 2.52. The van der Waals surface area contributed by atoms with Gasteiger partial charge in [-0.1, -0.05) is 0 Å². The number of nitrogens with zero attached hydrogens (tertiary/aromatic N) is 3. The van der Waals surface area contributed by atoms with Gasteiger partial charge >= 0.3 is 0 Å². The van der Waals surface area contributed by atoms with Gasteiger partial charge in [-0.2, -0.15) is 0 Å². The molecule has 1 aromatic rings. The molecular formula is C15H24N4. The van der Waals surface area contributed by atoms with E-state index in [1.54, 1.807) is 0 Å². The number of hydrogen-bond acceptors (Lipinski definition) is 3. The molecule has 0 saturated heterocycles. The van der Waals surface area contributed by atoms with E-state index in [1.165, 1.54) is 38.5 Å². The Hall–Kier alpha value is -0.900. The van der Waals surface area contributed by atoms with Gasteiger partial charge in [-0.05, 0) is 70.3 Å². The lowest BCUT2D eigenvalue weighted by Gasteiger charge is -2.57. The van der Waals surface area contributed by atoms with Gasteiger partial charge in [0.15, 0.2) is 0 Å². The van der Waals surface area contributed by atoms with Crippen LogP contribution in [0.2, 0.25) is 0 Å². The molecule has 4 saturated carbocycles. The van der Waals surface area contributed by atoms with Crippen LogP contribution in [0.15, 0.2) is 6.33 Å². The molecule has 1 N–H and O–H groups in total. The van der Waals surface area contributed by atoms with Gasteiger partial charge in [0.25, 0.3) is 0 Å². The van der Waals surface area contributed by atoms with Gasteiger partial charge in [0.05, 0.1) is 6.04 Å². The lowest BCUT2D eigenvalue weighted by Crippen LogP contribution is -2.52. The molecule has 4 nitrogen and oxygen atoms in total. The number of rotatable bonds is 3. The summed E-state index contributed by atoms with van der Waals surface area (Å²) >= 11 is 0. The van der Waals surface area contributed by atoms with Gasteiger partial charge in [0.2, 0.25) is 0 Å². The molecule has 1 heterocycles. The summed E-state index contributed by atoms with van der Waals surface area (Å²) in [5.74, 6) is 4.02. The van der Waals surface area contributed by atoms with Crippen molar-refractivity contribution in [2.75, 3.05) is 7.05 Å². The Balaban J connectivity index is 1.74. The van der Waals surface area contributed by atoms with Gasteiger partial charge in [-0.3, -0.25) is 0 Å². The fourth-order valence-electron chi connectivity index (χ4n) is 5.39. The van der Waals surface area contributed by atoms with Crippen molar-refractivity contribution in [1.82, 2.24) is 20.1 Å². The molecular weight excluding hydrogens is 236 g/mol. The Morgan fingerprint density at radius 1 is 1.21 bits per heavy atom. The molecule has 0 radical (unpaired) electrons. The Morgan fingerprint density at radius 3 is 2.32 bits per heavy atom. The number of aromatic nitrogens is 3. The second-order valence-corrected chi connectivity index (χ2v) is 7.21. The van der Waals surface area contributed by atoms with Crippen LogP contribution in [0.5, 0.6) is 0 Å². The van der Waals surface area contributed by atoms with Crippen LogP contribution in [-0.4, -0.2) is 21.8 Å². The highest BCUT2D eigenvalue weighted by Crippen LogP contribution is 2.59. The summed E-state index contributed by atoms with van der Waals surface area (Å²) in [6.45, 7) is 2.18. The van der Waals surface area contributed by atoms with Crippen LogP contribution >= 0.6 is 0 Å². The van der Waals surface area contributed by atoms with Crippen molar-refractivity contribution < 1.29 is 0 Å². The fraction of sp³-hybridized carbons (Fsp3) is 0.867. The summed E-state index contributed by atoms with van der Waals surface area (Å²) in [5.41, 5.74) is 0.346. The minimum Gasteiger partial charge on any atom is -0.311 e. The van der Waals surface area contributed by atoms with E-state index in [9.17, 15) is 0 Å². The molecule has 104 valence electrons. The maximum Gasteiger partial charge on any atom is 0.150 e. The smallest absolute Gasteiger partial charge is 0.150 e. The molecule has 4 aliphatic carbocycles. The molecule has 19 heavy (non-hydrogen) atoms. The third-order valence-corrected chi connectivity index (χ3v) is 5.91. The van der Waals surface area contributed by atoms with E-state index in [-0.39, 0.29) is 6.04 Å². The Bertz CT molecular complexity index is 443. The van der Waals surface area contributed by atoms with Gasteiger partial charge in [0.1, 0.15) is 12.2 Å². The van der Waals surface area contributed by atoms with E-state index in [1.807, 2.05) is 13.4 Å². The average molecular weight is 260 g/mol. The summed E-state index contributed by atoms with van der Waals surface area (Å²) < 4.78 is 2.44. The van der Waals surface area contributed by atoms with Crippen molar-refractivity contribution in [3.63, 3.8) is 0 Å². The van der Waals surface area contributed by atoms with Crippen LogP contribution in [0, 0.1) is 17.8 Å². The first-order valence-electron chi connectivity index (χ1n) is 7.78. The largest absolute Gasteiger partial charge is 0.311 e. The highest BCUT2D eigenvalue weighted by atomic mass is 15.3. The van der Waals surface area contributed by atoms with Crippen molar-refractivity contribution >= 4 is 0 Å². The predicted octanol–water partition coefficient (Wildman–Crippen LogP) is 2.48. The normalized spacial score (nSPS) is 41.7. The van der Waals surface area contributed by atoms with Crippen molar-refractivity contribution in [2.24, 2.45) is 17.8 Å². The van der Waals surface area contributed by atoms with Gasteiger partial charge < -0.3 is 9.88 Å². The first-order valence-corrected chi connectivity index (χ1v) is 7.78. The molecule has 0 spiro atoms. The zero-order valence-corrected chi connectivity index (χ0v) is 12.0. The lowest BCUT2D eigenvalue weighted by molar-refractivity contribution is -0.0451. The zero-order valence-electron chi connectivity index (χ0n) is 12.0. The number of hydrogen-bond donors (Lipinski definition) is 1. The molecule has 1 atom stereocenters. The topological polar surface area (TPSA) is 42.7 Å². The third kappa shape index (κ3) is 1.69. The quantitative estimate of drug-likeness (QED) is 0.908. The Labute approximate surface area is 115 Å². The average Bonchev–Trinajstić information content (AvgIpc) is 2.86. The maximum atomic E-state index is 4.39. The van der Waals surface area contributed by atoms with Gasteiger partial charge in [-0.25, -0.2) is 0 Å². The van der Waals surface area contributed by atoms with Crippen molar-refractivity contribution in [3.8, 4) is 0 Å². The molecule has 4 heteroatoms. The summed E-state index contributed by atoms with van der Waals surface area (Å²) in [5, 5.41) is 11.9. The second kappa shape index (κ2) is 4.05. The van der Waals surface area contributed by atoms with E-state index < -0.39 is 0 Å². The van der Waals surface area contributed by atoms with Gasteiger partial charge in [-0.15, -0.1) is 10.2 Å². The van der Waals surface area contributed by atoms with E-state index in [0.29, 0.717) is 5.54 Å². The maximum absolute atomic E-state index is 4.39. The second-order valence-electron chi connectivity index (χ2n) is 7.21. The minimum absolute atomic E-state index is 0.288. The first-order chi connectivity index (χ1) is 9.20. The van der Waals surface area contributed by atoms with E-state index >= 15 is 0 Å². The SMILES string of the molecule is CNC(C)c1nncn1C12CC3CC(CC(C3)C1)C2. The molecule has 4 fully saturated rings. The molecule has 0 amide bonds. The number of nitrogens with one attached hydrogen (secondary N) is 1. The molecule has 4 aliphatic rings. The minimum atomic E-state index is 0.288. The van der Waals surface area contributed by atoms with Crippen molar-refractivity contribution in [3.05, 3.63) is 12.2 Å². The van der Waals surface area contributed by atoms with E-state index in [0.717, 1.165) is 23.6 Å². The molecule has 1 aromatic heterocycles. The molecule has 1 unspecified atom stereocenters. The zero-order chi connectivity index (χ0) is 13.0. The molecule has 4 bridgehead atoms. The monoisotopic (exact) mass is 260 g/mol. The van der Waals surface area contributed by atoms with Crippen LogP contribution in [0.4, 0.5) is 0 Å². The summed E-state index contributed by atoms with van der Waals surface area (Å²) in [6, 6.07) is 0.288. The van der Waals surface area contributed by atoms with Crippen LogP contribution in [0.3, 0.4) is 0 Å². The van der Waals surface area contributed by atoms with Crippen LogP contribution in [0.1, 0.15) is 57.3 Å². The molecule has 0 aliphatic heterocycles. The summed E-state index contributed by atoms with van der Waals surface area (Å²) in [4.78, 5) is 0. The van der Waals surface area contributed by atoms with E-state index in [4.69, 9.17) is 0 Å². The van der Waals surface area contributed by atoms with Gasteiger partial charge in [0, 0.05) is 5.54 Å². The Kier molecular flexibility index (Phi) is 2.53. The highest BCUT2D eigenvalue weighted by molar-refractivity contribution is 5.09. The van der Waals surface area contributed by atoms with Crippen LogP contribution in [-0.2, 0) is 5.54 Å².